The van der Waals surface area contributed by atoms with Crippen LogP contribution in [-0.2, 0) is 4.79 Å². The highest BCUT2D eigenvalue weighted by Crippen LogP contribution is 2.30. The fourth-order valence-corrected chi connectivity index (χ4v) is 3.89. The number of benzene rings is 2. The van der Waals surface area contributed by atoms with Crippen LogP contribution in [-0.4, -0.2) is 54.1 Å². The van der Waals surface area contributed by atoms with Gasteiger partial charge in [0.1, 0.15) is 11.6 Å². The number of amides is 1. The van der Waals surface area contributed by atoms with Crippen molar-refractivity contribution in [1.82, 2.24) is 14.9 Å². The molecule has 0 N–H and O–H groups in total. The summed E-state index contributed by atoms with van der Waals surface area (Å²) in [6, 6.07) is 18.2. The number of piperazine rings is 1. The molecule has 1 atom stereocenters. The van der Waals surface area contributed by atoms with Crippen molar-refractivity contribution in [2.24, 2.45) is 0 Å². The van der Waals surface area contributed by atoms with Crippen molar-refractivity contribution in [3.05, 3.63) is 84.3 Å². The number of ether oxygens (including phenoxy) is 1. The Morgan fingerprint density at radius 2 is 1.67 bits per heavy atom. The van der Waals surface area contributed by atoms with Crippen LogP contribution in [0.25, 0.3) is 0 Å². The number of hydrogen-bond acceptors (Lipinski definition) is 5. The van der Waals surface area contributed by atoms with Gasteiger partial charge in [-0.2, -0.15) is 0 Å². The van der Waals surface area contributed by atoms with Gasteiger partial charge in [0.25, 0.3) is 0 Å². The number of rotatable bonds is 6. The number of carbonyl (C=O) groups is 1. The van der Waals surface area contributed by atoms with Crippen molar-refractivity contribution in [3.63, 3.8) is 0 Å². The summed E-state index contributed by atoms with van der Waals surface area (Å²) >= 11 is 0. The Kier molecular flexibility index (Phi) is 6.23. The summed E-state index contributed by atoms with van der Waals surface area (Å²) in [6.07, 6.45) is 5.59. The number of anilines is 1. The molecular formula is C24H26N4O2. The minimum Gasteiger partial charge on any atom is -0.497 e. The molecule has 1 fully saturated rings. The molecule has 3 aromatic rings. The van der Waals surface area contributed by atoms with E-state index in [1.165, 1.54) is 0 Å². The van der Waals surface area contributed by atoms with E-state index in [9.17, 15) is 4.79 Å². The predicted molar refractivity (Wildman–Crippen MR) is 117 cm³/mol. The topological polar surface area (TPSA) is 58.6 Å². The van der Waals surface area contributed by atoms with E-state index in [0.29, 0.717) is 19.5 Å². The van der Waals surface area contributed by atoms with Crippen molar-refractivity contribution >= 4 is 11.7 Å². The molecule has 2 aromatic carbocycles. The zero-order chi connectivity index (χ0) is 20.8. The molecular weight excluding hydrogens is 376 g/mol. The molecule has 0 bridgehead atoms. The van der Waals surface area contributed by atoms with Crippen LogP contribution in [0.15, 0.2) is 73.2 Å². The third-order valence-corrected chi connectivity index (χ3v) is 5.60. The van der Waals surface area contributed by atoms with E-state index in [1.807, 2.05) is 35.2 Å². The second-order valence-electron chi connectivity index (χ2n) is 7.37. The van der Waals surface area contributed by atoms with Gasteiger partial charge in [0.05, 0.1) is 13.3 Å². The Morgan fingerprint density at radius 1 is 0.967 bits per heavy atom. The molecule has 154 valence electrons. The molecule has 30 heavy (non-hydrogen) atoms. The molecule has 1 aliphatic rings. The van der Waals surface area contributed by atoms with Crippen LogP contribution in [0, 0.1) is 0 Å². The summed E-state index contributed by atoms with van der Waals surface area (Å²) in [5.41, 5.74) is 2.27. The maximum Gasteiger partial charge on any atom is 0.223 e. The van der Waals surface area contributed by atoms with Gasteiger partial charge in [-0.3, -0.25) is 9.78 Å². The van der Waals surface area contributed by atoms with Crippen LogP contribution >= 0.6 is 0 Å². The van der Waals surface area contributed by atoms with Crippen molar-refractivity contribution in [1.29, 1.82) is 0 Å². The highest BCUT2D eigenvalue weighted by atomic mass is 16.5. The van der Waals surface area contributed by atoms with E-state index in [2.05, 4.69) is 39.1 Å². The Bertz CT molecular complexity index is 940. The molecule has 2 heterocycles. The zero-order valence-corrected chi connectivity index (χ0v) is 17.1. The SMILES string of the molecule is COc1ccc([C@@H](CC(=O)N2CCN(c3cnccn3)CC2)c2ccccc2)cc1. The fourth-order valence-electron chi connectivity index (χ4n) is 3.89. The minimum atomic E-state index is 0.0163. The highest BCUT2D eigenvalue weighted by Gasteiger charge is 2.25. The van der Waals surface area contributed by atoms with E-state index < -0.39 is 0 Å². The maximum absolute atomic E-state index is 13.2. The summed E-state index contributed by atoms with van der Waals surface area (Å²) in [4.78, 5) is 25.8. The Hall–Kier alpha value is -3.41. The van der Waals surface area contributed by atoms with Crippen LogP contribution < -0.4 is 9.64 Å². The second-order valence-corrected chi connectivity index (χ2v) is 7.37. The van der Waals surface area contributed by atoms with Gasteiger partial charge < -0.3 is 14.5 Å². The Labute approximate surface area is 177 Å². The van der Waals surface area contributed by atoms with Gasteiger partial charge in [-0.1, -0.05) is 42.5 Å². The van der Waals surface area contributed by atoms with Gasteiger partial charge in [-0.25, -0.2) is 4.98 Å². The second kappa shape index (κ2) is 9.39. The fraction of sp³-hybridized carbons (Fsp3) is 0.292. The van der Waals surface area contributed by atoms with E-state index in [1.54, 1.807) is 25.7 Å². The average molecular weight is 402 g/mol. The number of carbonyl (C=O) groups excluding carboxylic acids is 1. The molecule has 0 spiro atoms. The lowest BCUT2D eigenvalue weighted by Crippen LogP contribution is -2.49. The smallest absolute Gasteiger partial charge is 0.223 e. The normalized spacial score (nSPS) is 15.0. The van der Waals surface area contributed by atoms with Crippen LogP contribution in [0.3, 0.4) is 0 Å². The van der Waals surface area contributed by atoms with Gasteiger partial charge >= 0.3 is 0 Å². The first-order valence-corrected chi connectivity index (χ1v) is 10.2. The van der Waals surface area contributed by atoms with Crippen LogP contribution in [0.4, 0.5) is 5.82 Å². The van der Waals surface area contributed by atoms with Gasteiger partial charge in [-0.05, 0) is 23.3 Å². The molecule has 1 aliphatic heterocycles. The molecule has 1 saturated heterocycles. The lowest BCUT2D eigenvalue weighted by molar-refractivity contribution is -0.131. The monoisotopic (exact) mass is 402 g/mol. The first-order chi connectivity index (χ1) is 14.7. The predicted octanol–water partition coefficient (Wildman–Crippen LogP) is 3.36. The summed E-state index contributed by atoms with van der Waals surface area (Å²) in [7, 11) is 1.66. The first-order valence-electron chi connectivity index (χ1n) is 10.2. The van der Waals surface area contributed by atoms with Crippen LogP contribution in [0.1, 0.15) is 23.5 Å². The van der Waals surface area contributed by atoms with Gasteiger partial charge in [0.2, 0.25) is 5.91 Å². The number of nitrogens with zero attached hydrogens (tertiary/aromatic N) is 4. The average Bonchev–Trinajstić information content (AvgIpc) is 2.84. The molecule has 0 aliphatic carbocycles. The largest absolute Gasteiger partial charge is 0.497 e. The van der Waals surface area contributed by atoms with Crippen molar-refractivity contribution in [2.75, 3.05) is 38.2 Å². The third-order valence-electron chi connectivity index (χ3n) is 5.60. The third kappa shape index (κ3) is 4.59. The van der Waals surface area contributed by atoms with Gasteiger partial charge in [0.15, 0.2) is 0 Å². The summed E-state index contributed by atoms with van der Waals surface area (Å²) in [5.74, 6) is 1.88. The van der Waals surface area contributed by atoms with Crippen molar-refractivity contribution in [3.8, 4) is 5.75 Å². The number of methoxy groups -OCH3 is 1. The maximum atomic E-state index is 13.2. The van der Waals surface area contributed by atoms with Crippen molar-refractivity contribution < 1.29 is 9.53 Å². The molecule has 6 nitrogen and oxygen atoms in total. The standard InChI is InChI=1S/C24H26N4O2/c1-30-21-9-7-20(8-10-21)22(19-5-3-2-4-6-19)17-24(29)28-15-13-27(14-16-28)23-18-25-11-12-26-23/h2-12,18,22H,13-17H2,1H3/t22-/m0/s1. The van der Waals surface area contributed by atoms with Crippen LogP contribution in [0.2, 0.25) is 0 Å². The van der Waals surface area contributed by atoms with Gasteiger partial charge in [0, 0.05) is 50.9 Å². The van der Waals surface area contributed by atoms with E-state index in [4.69, 9.17) is 4.74 Å². The van der Waals surface area contributed by atoms with E-state index in [0.717, 1.165) is 35.8 Å². The van der Waals surface area contributed by atoms with Crippen LogP contribution in [0.5, 0.6) is 5.75 Å². The Morgan fingerprint density at radius 3 is 2.30 bits per heavy atom. The first kappa shape index (κ1) is 19.9. The molecule has 4 rings (SSSR count). The number of aromatic nitrogens is 2. The molecule has 6 heteroatoms. The summed E-state index contributed by atoms with van der Waals surface area (Å²) in [5, 5.41) is 0. The molecule has 1 amide bonds. The Balaban J connectivity index is 1.45. The van der Waals surface area contributed by atoms with Gasteiger partial charge in [-0.15, -0.1) is 0 Å². The molecule has 0 radical (unpaired) electrons. The molecule has 0 saturated carbocycles. The molecule has 0 unspecified atom stereocenters. The zero-order valence-electron chi connectivity index (χ0n) is 17.1. The van der Waals surface area contributed by atoms with E-state index >= 15 is 0 Å². The summed E-state index contributed by atoms with van der Waals surface area (Å²) < 4.78 is 5.29. The minimum absolute atomic E-state index is 0.0163. The summed E-state index contributed by atoms with van der Waals surface area (Å²) in [6.45, 7) is 2.92. The highest BCUT2D eigenvalue weighted by molar-refractivity contribution is 5.78. The number of hydrogen-bond donors (Lipinski definition) is 0. The molecule has 1 aromatic heterocycles. The van der Waals surface area contributed by atoms with Crippen molar-refractivity contribution in [2.45, 2.75) is 12.3 Å². The lowest BCUT2D eigenvalue weighted by atomic mass is 9.88. The quantitative estimate of drug-likeness (QED) is 0.633. The lowest BCUT2D eigenvalue weighted by Gasteiger charge is -2.36. The van der Waals surface area contributed by atoms with E-state index in [-0.39, 0.29) is 11.8 Å².